The monoisotopic (exact) mass is 321 g/mol. The van der Waals surface area contributed by atoms with Crippen molar-refractivity contribution >= 4 is 21.9 Å². The van der Waals surface area contributed by atoms with E-state index >= 15 is 0 Å². The predicted octanol–water partition coefficient (Wildman–Crippen LogP) is 3.05. The number of ether oxygens (including phenoxy) is 1. The van der Waals surface area contributed by atoms with Crippen LogP contribution in [0.1, 0.15) is 11.3 Å². The highest BCUT2D eigenvalue weighted by molar-refractivity contribution is 9.10. The third-order valence-electron chi connectivity index (χ3n) is 2.43. The van der Waals surface area contributed by atoms with Crippen LogP contribution in [0.5, 0.6) is 5.75 Å². The van der Waals surface area contributed by atoms with Crippen molar-refractivity contribution in [3.8, 4) is 5.75 Å². The molecule has 2 aromatic rings. The molecular weight excluding hydrogens is 310 g/mol. The van der Waals surface area contributed by atoms with Gasteiger partial charge in [-0.3, -0.25) is 9.78 Å². The molecule has 1 heterocycles. The van der Waals surface area contributed by atoms with Crippen molar-refractivity contribution in [3.05, 3.63) is 58.3 Å². The fourth-order valence-electron chi connectivity index (χ4n) is 1.57. The first-order chi connectivity index (χ1) is 9.13. The van der Waals surface area contributed by atoms with E-state index in [1.165, 1.54) is 0 Å². The van der Waals surface area contributed by atoms with Crippen molar-refractivity contribution in [3.63, 3.8) is 0 Å². The first-order valence-electron chi connectivity index (χ1n) is 5.67. The summed E-state index contributed by atoms with van der Waals surface area (Å²) >= 11 is 3.31. The van der Waals surface area contributed by atoms with Gasteiger partial charge in [-0.25, -0.2) is 0 Å². The van der Waals surface area contributed by atoms with E-state index in [4.69, 9.17) is 9.84 Å². The summed E-state index contributed by atoms with van der Waals surface area (Å²) < 4.78 is 6.50. The fraction of sp³-hybridized carbons (Fsp3) is 0.143. The minimum absolute atomic E-state index is 0.00622. The lowest BCUT2D eigenvalue weighted by Crippen LogP contribution is -2.01. The number of halogens is 1. The molecule has 0 unspecified atom stereocenters. The molecule has 0 aliphatic heterocycles. The molecule has 0 saturated heterocycles. The van der Waals surface area contributed by atoms with Gasteiger partial charge in [-0.1, -0.05) is 12.1 Å². The third-order valence-corrected chi connectivity index (χ3v) is 2.90. The number of nitrogens with zero attached hydrogens (tertiary/aromatic N) is 1. The highest BCUT2D eigenvalue weighted by Gasteiger charge is 2.02. The Morgan fingerprint density at radius 2 is 2.16 bits per heavy atom. The summed E-state index contributed by atoms with van der Waals surface area (Å²) in [7, 11) is 0. The van der Waals surface area contributed by atoms with E-state index in [2.05, 4.69) is 20.9 Å². The van der Waals surface area contributed by atoms with Crippen LogP contribution in [0.3, 0.4) is 0 Å². The first kappa shape index (κ1) is 13.5. The van der Waals surface area contributed by atoms with Crippen molar-refractivity contribution in [1.29, 1.82) is 0 Å². The number of rotatable bonds is 5. The molecule has 4 nitrogen and oxygen atoms in total. The van der Waals surface area contributed by atoms with E-state index in [0.717, 1.165) is 10.2 Å². The van der Waals surface area contributed by atoms with E-state index < -0.39 is 5.97 Å². The third kappa shape index (κ3) is 4.37. The Morgan fingerprint density at radius 1 is 1.32 bits per heavy atom. The fourth-order valence-corrected chi connectivity index (χ4v) is 1.80. The molecule has 0 atom stereocenters. The van der Waals surface area contributed by atoms with Gasteiger partial charge in [-0.05, 0) is 45.8 Å². The predicted molar refractivity (Wildman–Crippen MR) is 74.1 cm³/mol. The molecule has 19 heavy (non-hydrogen) atoms. The second-order valence-corrected chi connectivity index (χ2v) is 4.89. The molecule has 1 aromatic carbocycles. The summed E-state index contributed by atoms with van der Waals surface area (Å²) in [5, 5.41) is 8.74. The smallest absolute Gasteiger partial charge is 0.307 e. The number of benzene rings is 1. The number of pyridine rings is 1. The number of hydrogen-bond acceptors (Lipinski definition) is 3. The molecule has 0 amide bonds. The molecule has 0 saturated carbocycles. The van der Waals surface area contributed by atoms with Gasteiger partial charge in [0.25, 0.3) is 0 Å². The standard InChI is InChI=1S/C14H12BrNO3/c15-11-4-5-12(16-8-11)9-19-13-3-1-2-10(6-13)7-14(17)18/h1-6,8H,7,9H2,(H,17,18). The maximum atomic E-state index is 10.6. The summed E-state index contributed by atoms with van der Waals surface area (Å²) in [6.07, 6.45) is 1.70. The number of carboxylic acid groups (broad SMARTS) is 1. The van der Waals surface area contributed by atoms with E-state index in [0.29, 0.717) is 17.9 Å². The molecule has 0 fully saturated rings. The van der Waals surface area contributed by atoms with Gasteiger partial charge in [0.1, 0.15) is 12.4 Å². The number of aliphatic carboxylic acids is 1. The Morgan fingerprint density at radius 3 is 2.84 bits per heavy atom. The Hall–Kier alpha value is -1.88. The average Bonchev–Trinajstić information content (AvgIpc) is 2.38. The van der Waals surface area contributed by atoms with E-state index in [9.17, 15) is 4.79 Å². The SMILES string of the molecule is O=C(O)Cc1cccc(OCc2ccc(Br)cn2)c1. The van der Waals surface area contributed by atoms with E-state index in [-0.39, 0.29) is 6.42 Å². The second-order valence-electron chi connectivity index (χ2n) is 3.97. The second kappa shape index (κ2) is 6.33. The zero-order chi connectivity index (χ0) is 13.7. The molecule has 0 aliphatic carbocycles. The van der Waals surface area contributed by atoms with Crippen molar-refractivity contribution in [2.24, 2.45) is 0 Å². The molecule has 5 heteroatoms. The molecule has 0 aliphatic rings. The van der Waals surface area contributed by atoms with Crippen molar-refractivity contribution < 1.29 is 14.6 Å². The highest BCUT2D eigenvalue weighted by atomic mass is 79.9. The van der Waals surface area contributed by atoms with Crippen LogP contribution in [0.2, 0.25) is 0 Å². The topological polar surface area (TPSA) is 59.4 Å². The summed E-state index contributed by atoms with van der Waals surface area (Å²) in [6.45, 7) is 0.351. The van der Waals surface area contributed by atoms with Crippen LogP contribution < -0.4 is 4.74 Å². The molecule has 2 rings (SSSR count). The number of aromatic nitrogens is 1. The normalized spacial score (nSPS) is 10.2. The number of hydrogen-bond donors (Lipinski definition) is 1. The van der Waals surface area contributed by atoms with Crippen LogP contribution in [-0.4, -0.2) is 16.1 Å². The lowest BCUT2D eigenvalue weighted by Gasteiger charge is -2.07. The van der Waals surface area contributed by atoms with Crippen LogP contribution in [-0.2, 0) is 17.8 Å². The van der Waals surface area contributed by atoms with Gasteiger partial charge in [0.2, 0.25) is 0 Å². The first-order valence-corrected chi connectivity index (χ1v) is 6.47. The summed E-state index contributed by atoms with van der Waals surface area (Å²) in [6, 6.07) is 10.8. The van der Waals surface area contributed by atoms with Crippen LogP contribution in [0.25, 0.3) is 0 Å². The Kier molecular flexibility index (Phi) is 4.52. The summed E-state index contributed by atoms with van der Waals surface area (Å²) in [5.74, 6) is -0.213. The minimum Gasteiger partial charge on any atom is -0.487 e. The Balaban J connectivity index is 1.99. The van der Waals surface area contributed by atoms with Gasteiger partial charge in [0, 0.05) is 10.7 Å². The van der Waals surface area contributed by atoms with Gasteiger partial charge in [-0.2, -0.15) is 0 Å². The zero-order valence-electron chi connectivity index (χ0n) is 10.0. The number of carboxylic acids is 1. The van der Waals surface area contributed by atoms with Crippen LogP contribution in [0.4, 0.5) is 0 Å². The Bertz CT molecular complexity index is 569. The minimum atomic E-state index is -0.855. The molecular formula is C14H12BrNO3. The van der Waals surface area contributed by atoms with Crippen molar-refractivity contribution in [2.75, 3.05) is 0 Å². The van der Waals surface area contributed by atoms with Gasteiger partial charge in [0.05, 0.1) is 12.1 Å². The van der Waals surface area contributed by atoms with Gasteiger partial charge < -0.3 is 9.84 Å². The van der Waals surface area contributed by atoms with Crippen LogP contribution in [0.15, 0.2) is 47.1 Å². The lowest BCUT2D eigenvalue weighted by atomic mass is 10.1. The maximum absolute atomic E-state index is 10.6. The van der Waals surface area contributed by atoms with Gasteiger partial charge >= 0.3 is 5.97 Å². The summed E-state index contributed by atoms with van der Waals surface area (Å²) in [5.41, 5.74) is 1.53. The van der Waals surface area contributed by atoms with Crippen LogP contribution in [0, 0.1) is 0 Å². The average molecular weight is 322 g/mol. The molecule has 98 valence electrons. The largest absolute Gasteiger partial charge is 0.487 e. The Labute approximate surface area is 119 Å². The molecule has 0 radical (unpaired) electrons. The van der Waals surface area contributed by atoms with Crippen molar-refractivity contribution in [1.82, 2.24) is 4.98 Å². The zero-order valence-corrected chi connectivity index (χ0v) is 11.6. The molecule has 0 bridgehead atoms. The van der Waals surface area contributed by atoms with Crippen LogP contribution >= 0.6 is 15.9 Å². The van der Waals surface area contributed by atoms with Crippen molar-refractivity contribution in [2.45, 2.75) is 13.0 Å². The molecule has 0 spiro atoms. The van der Waals surface area contributed by atoms with Gasteiger partial charge in [0.15, 0.2) is 0 Å². The van der Waals surface area contributed by atoms with E-state index in [1.54, 1.807) is 30.5 Å². The van der Waals surface area contributed by atoms with Gasteiger partial charge in [-0.15, -0.1) is 0 Å². The molecule has 1 N–H and O–H groups in total. The highest BCUT2D eigenvalue weighted by Crippen LogP contribution is 2.16. The molecule has 1 aromatic heterocycles. The lowest BCUT2D eigenvalue weighted by molar-refractivity contribution is -0.136. The van der Waals surface area contributed by atoms with E-state index in [1.807, 2.05) is 12.1 Å². The summed E-state index contributed by atoms with van der Waals surface area (Å²) in [4.78, 5) is 14.8. The maximum Gasteiger partial charge on any atom is 0.307 e. The number of carbonyl (C=O) groups is 1. The quantitative estimate of drug-likeness (QED) is 0.919.